The lowest BCUT2D eigenvalue weighted by atomic mass is 9.82. The minimum Gasteiger partial charge on any atom is -0.309 e. The van der Waals surface area contributed by atoms with Crippen molar-refractivity contribution in [3.63, 3.8) is 0 Å². The number of aromatic nitrogens is 2. The average molecular weight is 1060 g/mol. The number of allylic oxidation sites excluding steroid dienone is 3. The lowest BCUT2D eigenvalue weighted by Gasteiger charge is -2.22. The maximum absolute atomic E-state index is 2.52. The second-order valence-electron chi connectivity index (χ2n) is 22.4. The van der Waals surface area contributed by atoms with Crippen LogP contribution < -0.4 is 0 Å². The van der Waals surface area contributed by atoms with Crippen LogP contribution in [0.2, 0.25) is 0 Å². The van der Waals surface area contributed by atoms with Crippen molar-refractivity contribution < 1.29 is 0 Å². The summed E-state index contributed by atoms with van der Waals surface area (Å²) in [5, 5.41) is 17.3. The van der Waals surface area contributed by atoms with Crippen molar-refractivity contribution in [2.24, 2.45) is 0 Å². The fourth-order valence-corrected chi connectivity index (χ4v) is 14.0. The van der Waals surface area contributed by atoms with Crippen LogP contribution >= 0.6 is 0 Å². The van der Waals surface area contributed by atoms with Gasteiger partial charge >= 0.3 is 0 Å². The standard InChI is InChI=1S/C81H56N2/c1-4-21-57(79-64-26-9-5-22-53(64)46-54-23-6-10-27-65(54)79)48-59-50-73(62-42-39-60(44-51(62)2)82-75-34-17-13-30-68(75)69-31-14-18-35-76(69)82)74-49-58(80-66-28-11-7-24-55(66)47-56-25-8-12-29-67(56)80)38-41-72(74)81(59)63-43-40-61(45-52(63)3)83-77-36-19-15-32-70(77)71-33-16-20-37-78(71)83/h4-50H,1-3H3/b21-4-,57-48+. The van der Waals surface area contributed by atoms with Crippen LogP contribution in [0.15, 0.2) is 279 Å². The van der Waals surface area contributed by atoms with Gasteiger partial charge in [0.2, 0.25) is 0 Å². The quantitative estimate of drug-likeness (QED) is 0.0815. The Kier molecular flexibility index (Phi) is 11.3. The first-order valence-electron chi connectivity index (χ1n) is 28.9. The first-order chi connectivity index (χ1) is 41.0. The fraction of sp³-hybridized carbons (Fsp3) is 0.0370. The van der Waals surface area contributed by atoms with Gasteiger partial charge in [-0.2, -0.15) is 0 Å². The molecule has 2 aromatic heterocycles. The molecule has 2 heterocycles. The molecule has 0 unspecified atom stereocenters. The van der Waals surface area contributed by atoms with Gasteiger partial charge in [-0.3, -0.25) is 0 Å². The fourth-order valence-electron chi connectivity index (χ4n) is 14.0. The van der Waals surface area contributed by atoms with Crippen molar-refractivity contribution in [1.82, 2.24) is 9.13 Å². The number of nitrogens with zero attached hydrogens (tertiary/aromatic N) is 2. The number of aryl methyl sites for hydroxylation is 2. The molecule has 16 aromatic rings. The Balaban J connectivity index is 1.01. The normalized spacial score (nSPS) is 12.3. The van der Waals surface area contributed by atoms with E-state index in [1.807, 2.05) is 0 Å². The van der Waals surface area contributed by atoms with Gasteiger partial charge < -0.3 is 9.13 Å². The molecule has 0 atom stereocenters. The highest BCUT2D eigenvalue weighted by Crippen LogP contribution is 2.47. The molecule has 0 radical (unpaired) electrons. The summed E-state index contributed by atoms with van der Waals surface area (Å²) in [5.74, 6) is 0. The summed E-state index contributed by atoms with van der Waals surface area (Å²) in [6, 6.07) is 99.5. The van der Waals surface area contributed by atoms with Crippen LogP contribution in [0, 0.1) is 13.8 Å². The molecule has 14 aromatic carbocycles. The predicted octanol–water partition coefficient (Wildman–Crippen LogP) is 22.4. The van der Waals surface area contributed by atoms with E-state index < -0.39 is 0 Å². The molecule has 2 nitrogen and oxygen atoms in total. The van der Waals surface area contributed by atoms with Gasteiger partial charge in [0.1, 0.15) is 0 Å². The van der Waals surface area contributed by atoms with Crippen molar-refractivity contribution >= 4 is 109 Å². The number of rotatable bonds is 8. The largest absolute Gasteiger partial charge is 0.309 e. The molecule has 16 rings (SSSR count). The molecule has 390 valence electrons. The molecule has 0 saturated carbocycles. The van der Waals surface area contributed by atoms with E-state index in [4.69, 9.17) is 0 Å². The van der Waals surface area contributed by atoms with E-state index in [1.165, 1.54) is 148 Å². The van der Waals surface area contributed by atoms with E-state index in [0.29, 0.717) is 0 Å². The van der Waals surface area contributed by atoms with Crippen LogP contribution in [0.3, 0.4) is 0 Å². The average Bonchev–Trinajstić information content (AvgIpc) is 2.99. The molecule has 0 bridgehead atoms. The van der Waals surface area contributed by atoms with Crippen molar-refractivity contribution in [2.45, 2.75) is 20.8 Å². The Morgan fingerprint density at radius 1 is 0.313 bits per heavy atom. The summed E-state index contributed by atoms with van der Waals surface area (Å²) in [6.07, 6.45) is 7.01. The lowest BCUT2D eigenvalue weighted by Crippen LogP contribution is -1.99. The topological polar surface area (TPSA) is 9.86 Å². The molecule has 0 saturated heterocycles. The number of hydrogen-bond acceptors (Lipinski definition) is 0. The van der Waals surface area contributed by atoms with Gasteiger partial charge in [0.15, 0.2) is 0 Å². The molecule has 0 aliphatic heterocycles. The zero-order chi connectivity index (χ0) is 55.3. The third-order valence-corrected chi connectivity index (χ3v) is 17.6. The molecule has 0 aliphatic rings. The molecular weight excluding hydrogens is 1000 g/mol. The molecule has 0 amide bonds. The maximum Gasteiger partial charge on any atom is 0.0541 e. The van der Waals surface area contributed by atoms with Crippen LogP contribution in [0.1, 0.15) is 29.2 Å². The van der Waals surface area contributed by atoms with Gasteiger partial charge in [0.05, 0.1) is 22.1 Å². The van der Waals surface area contributed by atoms with Crippen LogP contribution in [-0.2, 0) is 0 Å². The summed E-state index contributed by atoms with van der Waals surface area (Å²) in [5.41, 5.74) is 20.3. The summed E-state index contributed by atoms with van der Waals surface area (Å²) in [7, 11) is 0. The van der Waals surface area contributed by atoms with E-state index in [2.05, 4.69) is 315 Å². The molecular formula is C81H56N2. The highest BCUT2D eigenvalue weighted by atomic mass is 15.0. The van der Waals surface area contributed by atoms with Crippen molar-refractivity contribution in [3.8, 4) is 44.8 Å². The zero-order valence-electron chi connectivity index (χ0n) is 46.5. The zero-order valence-corrected chi connectivity index (χ0v) is 46.5. The lowest BCUT2D eigenvalue weighted by molar-refractivity contribution is 1.17. The second kappa shape index (κ2) is 19.3. The van der Waals surface area contributed by atoms with Crippen molar-refractivity contribution in [3.05, 3.63) is 301 Å². The van der Waals surface area contributed by atoms with E-state index in [0.717, 1.165) is 22.5 Å². The summed E-state index contributed by atoms with van der Waals surface area (Å²) in [6.45, 7) is 6.75. The summed E-state index contributed by atoms with van der Waals surface area (Å²) in [4.78, 5) is 0. The van der Waals surface area contributed by atoms with Crippen LogP contribution in [-0.4, -0.2) is 9.13 Å². The smallest absolute Gasteiger partial charge is 0.0541 e. The molecule has 83 heavy (non-hydrogen) atoms. The van der Waals surface area contributed by atoms with Crippen LogP contribution in [0.4, 0.5) is 0 Å². The second-order valence-corrected chi connectivity index (χ2v) is 22.4. The molecule has 0 spiro atoms. The molecule has 2 heteroatoms. The van der Waals surface area contributed by atoms with E-state index in [-0.39, 0.29) is 0 Å². The summed E-state index contributed by atoms with van der Waals surface area (Å²) < 4.78 is 4.87. The minimum atomic E-state index is 1.14. The van der Waals surface area contributed by atoms with Crippen LogP contribution in [0.25, 0.3) is 154 Å². The molecule has 0 aliphatic carbocycles. The predicted molar refractivity (Wildman–Crippen MR) is 358 cm³/mol. The van der Waals surface area contributed by atoms with Gasteiger partial charge in [0, 0.05) is 32.9 Å². The Labute approximate surface area is 482 Å². The number of para-hydroxylation sites is 4. The number of benzene rings is 14. The number of fused-ring (bicyclic) bond motifs is 11. The Morgan fingerprint density at radius 3 is 1.18 bits per heavy atom. The van der Waals surface area contributed by atoms with E-state index >= 15 is 0 Å². The van der Waals surface area contributed by atoms with Gasteiger partial charge in [-0.1, -0.05) is 206 Å². The van der Waals surface area contributed by atoms with Gasteiger partial charge in [-0.15, -0.1) is 0 Å². The first-order valence-corrected chi connectivity index (χ1v) is 28.9. The molecule has 0 fully saturated rings. The number of hydrogen-bond donors (Lipinski definition) is 0. The minimum absolute atomic E-state index is 1.14. The third kappa shape index (κ3) is 7.71. The Bertz CT molecular complexity index is 5210. The van der Waals surface area contributed by atoms with Gasteiger partial charge in [0.25, 0.3) is 0 Å². The monoisotopic (exact) mass is 1060 g/mol. The first kappa shape index (κ1) is 48.4. The highest BCUT2D eigenvalue weighted by molar-refractivity contribution is 6.19. The SMILES string of the molecule is C/C=C\C(=C/c1cc(-c2ccc(-n3c4ccccc4c4ccccc43)cc2C)c2cc(-c3c4ccccc4cc4ccccc34)ccc2c1-c1ccc(-n2c3ccccc3c3ccccc32)cc1C)c1c2ccccc2cc2ccccc12. The van der Waals surface area contributed by atoms with Gasteiger partial charge in [-0.25, -0.2) is 0 Å². The van der Waals surface area contributed by atoms with Crippen molar-refractivity contribution in [1.29, 1.82) is 0 Å². The van der Waals surface area contributed by atoms with Gasteiger partial charge in [-0.05, 0) is 215 Å². The van der Waals surface area contributed by atoms with Crippen molar-refractivity contribution in [2.75, 3.05) is 0 Å². The van der Waals surface area contributed by atoms with E-state index in [1.54, 1.807) is 0 Å². The van der Waals surface area contributed by atoms with E-state index in [9.17, 15) is 0 Å². The maximum atomic E-state index is 2.52. The molecule has 0 N–H and O–H groups in total. The van der Waals surface area contributed by atoms with Crippen LogP contribution in [0.5, 0.6) is 0 Å². The third-order valence-electron chi connectivity index (χ3n) is 17.6. The summed E-state index contributed by atoms with van der Waals surface area (Å²) >= 11 is 0. The Hall–Kier alpha value is -10.5. The Morgan fingerprint density at radius 2 is 0.723 bits per heavy atom. The highest BCUT2D eigenvalue weighted by Gasteiger charge is 2.23.